The van der Waals surface area contributed by atoms with E-state index in [2.05, 4.69) is 36.4 Å². The van der Waals surface area contributed by atoms with Crippen molar-refractivity contribution in [2.75, 3.05) is 0 Å². The zero-order chi connectivity index (χ0) is 13.5. The molecule has 0 N–H and O–H groups in total. The van der Waals surface area contributed by atoms with Crippen LogP contribution in [0.15, 0.2) is 54.6 Å². The highest BCUT2D eigenvalue weighted by Gasteiger charge is 2.07. The molecule has 0 aliphatic heterocycles. The third-order valence-electron chi connectivity index (χ3n) is 3.23. The molecule has 2 aromatic carbocycles. The third kappa shape index (κ3) is 3.68. The summed E-state index contributed by atoms with van der Waals surface area (Å²) in [5, 5.41) is 0. The predicted molar refractivity (Wildman–Crippen MR) is 76.8 cm³/mol. The smallest absolute Gasteiger partial charge is 0.293 e. The van der Waals surface area contributed by atoms with Gasteiger partial charge in [-0.1, -0.05) is 61.5 Å². The predicted octanol–water partition coefficient (Wildman–Crippen LogP) is 3.85. The number of benzene rings is 2. The molecule has 2 heteroatoms. The number of hydrogen-bond acceptors (Lipinski definition) is 2. The van der Waals surface area contributed by atoms with Crippen LogP contribution >= 0.6 is 0 Å². The summed E-state index contributed by atoms with van der Waals surface area (Å²) < 4.78 is 5.03. The molecule has 0 bridgehead atoms. The second-order valence-corrected chi connectivity index (χ2v) is 4.53. The lowest BCUT2D eigenvalue weighted by atomic mass is 10.0. The Bertz CT molecular complexity index is 503. The summed E-state index contributed by atoms with van der Waals surface area (Å²) in [6.45, 7) is 2.55. The van der Waals surface area contributed by atoms with E-state index in [1.165, 1.54) is 16.7 Å². The fourth-order valence-electron chi connectivity index (χ4n) is 2.09. The van der Waals surface area contributed by atoms with Gasteiger partial charge in [0.05, 0.1) is 0 Å². The standard InChI is InChI=1S/C17H18O2/c1-2-17(19-13-18)12-14-8-10-16(11-9-14)15-6-4-3-5-7-15/h3-11,13,17H,2,12H2,1H3. The molecule has 19 heavy (non-hydrogen) atoms. The van der Waals surface area contributed by atoms with Gasteiger partial charge >= 0.3 is 0 Å². The van der Waals surface area contributed by atoms with Gasteiger partial charge in [0, 0.05) is 6.42 Å². The average molecular weight is 254 g/mol. The minimum atomic E-state index is -0.0277. The van der Waals surface area contributed by atoms with E-state index in [0.717, 1.165) is 12.8 Å². The van der Waals surface area contributed by atoms with Crippen LogP contribution in [0.25, 0.3) is 11.1 Å². The maximum Gasteiger partial charge on any atom is 0.293 e. The van der Waals surface area contributed by atoms with Crippen LogP contribution in [0.5, 0.6) is 0 Å². The van der Waals surface area contributed by atoms with Crippen molar-refractivity contribution in [2.24, 2.45) is 0 Å². The van der Waals surface area contributed by atoms with E-state index >= 15 is 0 Å². The lowest BCUT2D eigenvalue weighted by Crippen LogP contribution is -2.13. The van der Waals surface area contributed by atoms with Crippen molar-refractivity contribution in [2.45, 2.75) is 25.9 Å². The number of hydrogen-bond donors (Lipinski definition) is 0. The number of carbonyl (C=O) groups is 1. The van der Waals surface area contributed by atoms with E-state index in [4.69, 9.17) is 4.74 Å². The van der Waals surface area contributed by atoms with E-state index in [1.54, 1.807) is 0 Å². The minimum Gasteiger partial charge on any atom is -0.464 e. The molecule has 0 aromatic heterocycles. The van der Waals surface area contributed by atoms with E-state index in [-0.39, 0.29) is 6.10 Å². The van der Waals surface area contributed by atoms with Crippen molar-refractivity contribution in [3.8, 4) is 11.1 Å². The Morgan fingerprint density at radius 3 is 2.21 bits per heavy atom. The quantitative estimate of drug-likeness (QED) is 0.732. The van der Waals surface area contributed by atoms with Crippen molar-refractivity contribution >= 4 is 6.47 Å². The summed E-state index contributed by atoms with van der Waals surface area (Å²) in [6.07, 6.45) is 1.57. The van der Waals surface area contributed by atoms with Gasteiger partial charge in [0.2, 0.25) is 0 Å². The van der Waals surface area contributed by atoms with Crippen LogP contribution in [0, 0.1) is 0 Å². The van der Waals surface area contributed by atoms with Gasteiger partial charge in [-0.2, -0.15) is 0 Å². The summed E-state index contributed by atoms with van der Waals surface area (Å²) >= 11 is 0. The Morgan fingerprint density at radius 1 is 1.00 bits per heavy atom. The van der Waals surface area contributed by atoms with Gasteiger partial charge in [0.25, 0.3) is 6.47 Å². The molecule has 0 amide bonds. The Hall–Kier alpha value is -2.09. The first-order valence-corrected chi connectivity index (χ1v) is 6.57. The molecule has 2 aromatic rings. The van der Waals surface area contributed by atoms with E-state index < -0.39 is 0 Å². The highest BCUT2D eigenvalue weighted by atomic mass is 16.5. The fourth-order valence-corrected chi connectivity index (χ4v) is 2.09. The Kier molecular flexibility index (Phi) is 4.73. The number of carbonyl (C=O) groups excluding carboxylic acids is 1. The molecule has 98 valence electrons. The molecule has 0 aliphatic carbocycles. The third-order valence-corrected chi connectivity index (χ3v) is 3.23. The van der Waals surface area contributed by atoms with Crippen LogP contribution in [-0.2, 0) is 16.0 Å². The largest absolute Gasteiger partial charge is 0.464 e. The van der Waals surface area contributed by atoms with Crippen LogP contribution < -0.4 is 0 Å². The molecule has 2 nitrogen and oxygen atoms in total. The second kappa shape index (κ2) is 6.74. The van der Waals surface area contributed by atoms with Gasteiger partial charge < -0.3 is 4.74 Å². The second-order valence-electron chi connectivity index (χ2n) is 4.53. The molecule has 0 radical (unpaired) electrons. The van der Waals surface area contributed by atoms with E-state index in [0.29, 0.717) is 6.47 Å². The average Bonchev–Trinajstić information content (AvgIpc) is 2.48. The maximum absolute atomic E-state index is 10.4. The van der Waals surface area contributed by atoms with Crippen molar-refractivity contribution in [3.63, 3.8) is 0 Å². The van der Waals surface area contributed by atoms with Crippen molar-refractivity contribution in [1.82, 2.24) is 0 Å². The summed E-state index contributed by atoms with van der Waals surface area (Å²) in [7, 11) is 0. The molecular weight excluding hydrogens is 236 g/mol. The summed E-state index contributed by atoms with van der Waals surface area (Å²) in [6, 6.07) is 18.7. The van der Waals surface area contributed by atoms with Gasteiger partial charge in [-0.05, 0) is 23.1 Å². The summed E-state index contributed by atoms with van der Waals surface area (Å²) in [5.74, 6) is 0. The van der Waals surface area contributed by atoms with Crippen LogP contribution in [0.4, 0.5) is 0 Å². The molecule has 0 aliphatic rings. The van der Waals surface area contributed by atoms with Crippen molar-refractivity contribution < 1.29 is 9.53 Å². The molecule has 0 spiro atoms. The zero-order valence-electron chi connectivity index (χ0n) is 11.1. The topological polar surface area (TPSA) is 26.3 Å². The highest BCUT2D eigenvalue weighted by molar-refractivity contribution is 5.63. The Balaban J connectivity index is 2.08. The van der Waals surface area contributed by atoms with Gasteiger partial charge in [-0.25, -0.2) is 0 Å². The maximum atomic E-state index is 10.4. The Morgan fingerprint density at radius 2 is 1.63 bits per heavy atom. The zero-order valence-corrected chi connectivity index (χ0v) is 11.1. The molecule has 0 saturated carbocycles. The van der Waals surface area contributed by atoms with Gasteiger partial charge in [-0.3, -0.25) is 4.79 Å². The Labute approximate surface area is 114 Å². The van der Waals surface area contributed by atoms with Crippen molar-refractivity contribution in [1.29, 1.82) is 0 Å². The highest BCUT2D eigenvalue weighted by Crippen LogP contribution is 2.20. The molecule has 2 rings (SSSR count). The lowest BCUT2D eigenvalue weighted by Gasteiger charge is -2.13. The first kappa shape index (κ1) is 13.3. The van der Waals surface area contributed by atoms with Crippen LogP contribution in [-0.4, -0.2) is 12.6 Å². The molecule has 1 unspecified atom stereocenters. The first-order valence-electron chi connectivity index (χ1n) is 6.57. The van der Waals surface area contributed by atoms with Gasteiger partial charge in [0.1, 0.15) is 6.10 Å². The molecule has 0 fully saturated rings. The monoisotopic (exact) mass is 254 g/mol. The summed E-state index contributed by atoms with van der Waals surface area (Å²) in [4.78, 5) is 10.4. The molecule has 1 atom stereocenters. The van der Waals surface area contributed by atoms with Crippen LogP contribution in [0.2, 0.25) is 0 Å². The minimum absolute atomic E-state index is 0.0277. The van der Waals surface area contributed by atoms with Gasteiger partial charge in [-0.15, -0.1) is 0 Å². The normalized spacial score (nSPS) is 11.8. The molecular formula is C17H18O2. The fraction of sp³-hybridized carbons (Fsp3) is 0.235. The number of rotatable bonds is 6. The molecule has 0 saturated heterocycles. The van der Waals surface area contributed by atoms with Crippen LogP contribution in [0.1, 0.15) is 18.9 Å². The first-order chi connectivity index (χ1) is 9.33. The van der Waals surface area contributed by atoms with E-state index in [1.807, 2.05) is 25.1 Å². The number of ether oxygens (including phenoxy) is 1. The SMILES string of the molecule is CCC(Cc1ccc(-c2ccccc2)cc1)OC=O. The van der Waals surface area contributed by atoms with Crippen LogP contribution in [0.3, 0.4) is 0 Å². The van der Waals surface area contributed by atoms with Crippen molar-refractivity contribution in [3.05, 3.63) is 60.2 Å². The summed E-state index contributed by atoms with van der Waals surface area (Å²) in [5.41, 5.74) is 3.60. The lowest BCUT2D eigenvalue weighted by molar-refractivity contribution is -0.133. The van der Waals surface area contributed by atoms with Gasteiger partial charge in [0.15, 0.2) is 0 Å². The van der Waals surface area contributed by atoms with E-state index in [9.17, 15) is 4.79 Å². The molecule has 0 heterocycles.